The van der Waals surface area contributed by atoms with Gasteiger partial charge in [-0.3, -0.25) is 0 Å². The van der Waals surface area contributed by atoms with E-state index in [1.165, 1.54) is 6.07 Å². The predicted octanol–water partition coefficient (Wildman–Crippen LogP) is 4.48. The minimum absolute atomic E-state index is 0.0546. The molecule has 114 valence electrons. The van der Waals surface area contributed by atoms with E-state index in [9.17, 15) is 13.2 Å². The molecule has 0 unspecified atom stereocenters. The Labute approximate surface area is 132 Å². The van der Waals surface area contributed by atoms with Gasteiger partial charge in [0.2, 0.25) is 0 Å². The lowest BCUT2D eigenvalue weighted by Gasteiger charge is -2.11. The molecule has 1 aromatic heterocycles. The van der Waals surface area contributed by atoms with Crippen molar-refractivity contribution >= 4 is 27.3 Å². The number of nitrogens with zero attached hydrogens (tertiary/aromatic N) is 2. The van der Waals surface area contributed by atoms with Crippen molar-refractivity contribution in [3.8, 4) is 10.6 Å². The lowest BCUT2D eigenvalue weighted by atomic mass is 10.1. The zero-order valence-corrected chi connectivity index (χ0v) is 13.7. The summed E-state index contributed by atoms with van der Waals surface area (Å²) >= 11 is 4.23. The van der Waals surface area contributed by atoms with Crippen molar-refractivity contribution in [1.29, 1.82) is 0 Å². The Morgan fingerprint density at radius 3 is 2.62 bits per heavy atom. The Morgan fingerprint density at radius 1 is 1.29 bits per heavy atom. The van der Waals surface area contributed by atoms with E-state index >= 15 is 0 Å². The second kappa shape index (κ2) is 6.41. The van der Waals surface area contributed by atoms with Crippen molar-refractivity contribution in [3.63, 3.8) is 0 Å². The van der Waals surface area contributed by atoms with Crippen LogP contribution in [-0.2, 0) is 12.7 Å². The molecule has 0 saturated heterocycles. The fraction of sp³-hybridized carbons (Fsp3) is 0.385. The Hall–Kier alpha value is -0.990. The molecule has 0 atom stereocenters. The predicted molar refractivity (Wildman–Crippen MR) is 80.0 cm³/mol. The first-order valence-corrected chi connectivity index (χ1v) is 7.81. The number of aromatic nitrogens is 2. The molecule has 21 heavy (non-hydrogen) atoms. The van der Waals surface area contributed by atoms with Gasteiger partial charge in [-0.15, -0.1) is 10.2 Å². The van der Waals surface area contributed by atoms with Crippen LogP contribution < -0.4 is 5.32 Å². The second-order valence-corrected chi connectivity index (χ2v) is 6.70. The molecule has 3 nitrogen and oxygen atoms in total. The van der Waals surface area contributed by atoms with E-state index in [0.29, 0.717) is 16.0 Å². The van der Waals surface area contributed by atoms with Crippen molar-refractivity contribution < 1.29 is 13.2 Å². The second-order valence-electron chi connectivity index (χ2n) is 4.72. The molecule has 0 radical (unpaired) electrons. The molecule has 1 aromatic carbocycles. The molecule has 0 bridgehead atoms. The third-order valence-electron chi connectivity index (χ3n) is 2.65. The van der Waals surface area contributed by atoms with Crippen LogP contribution >= 0.6 is 27.3 Å². The third kappa shape index (κ3) is 4.24. The van der Waals surface area contributed by atoms with Gasteiger partial charge in [0.25, 0.3) is 0 Å². The number of hydrogen-bond donors (Lipinski definition) is 1. The van der Waals surface area contributed by atoms with Gasteiger partial charge in [0.15, 0.2) is 0 Å². The van der Waals surface area contributed by atoms with Crippen LogP contribution in [0.1, 0.15) is 24.4 Å². The Kier molecular flexibility index (Phi) is 5.00. The van der Waals surface area contributed by atoms with Crippen LogP contribution in [0.3, 0.4) is 0 Å². The quantitative estimate of drug-likeness (QED) is 0.850. The molecule has 2 aromatic rings. The van der Waals surface area contributed by atoms with E-state index in [-0.39, 0.29) is 16.6 Å². The topological polar surface area (TPSA) is 37.8 Å². The van der Waals surface area contributed by atoms with Gasteiger partial charge in [-0.2, -0.15) is 13.2 Å². The van der Waals surface area contributed by atoms with Crippen LogP contribution in [0.15, 0.2) is 22.7 Å². The lowest BCUT2D eigenvalue weighted by Crippen LogP contribution is -2.21. The van der Waals surface area contributed by atoms with E-state index in [4.69, 9.17) is 0 Å². The maximum absolute atomic E-state index is 13.1. The Balaban J connectivity index is 2.34. The first-order valence-electron chi connectivity index (χ1n) is 6.20. The summed E-state index contributed by atoms with van der Waals surface area (Å²) in [5.41, 5.74) is -0.657. The monoisotopic (exact) mass is 379 g/mol. The molecule has 0 saturated carbocycles. The van der Waals surface area contributed by atoms with E-state index < -0.39 is 11.7 Å². The molecular formula is C13H13BrF3N3S. The normalized spacial score (nSPS) is 12.1. The Bertz CT molecular complexity index is 625. The molecule has 1 heterocycles. The van der Waals surface area contributed by atoms with Crippen molar-refractivity contribution in [1.82, 2.24) is 15.5 Å². The molecular weight excluding hydrogens is 367 g/mol. The zero-order valence-electron chi connectivity index (χ0n) is 11.3. The maximum atomic E-state index is 13.1. The number of nitrogens with one attached hydrogen (secondary N) is 1. The number of hydrogen-bond acceptors (Lipinski definition) is 4. The number of benzene rings is 1. The van der Waals surface area contributed by atoms with Gasteiger partial charge in [-0.25, -0.2) is 0 Å². The lowest BCUT2D eigenvalue weighted by molar-refractivity contribution is -0.137. The van der Waals surface area contributed by atoms with Gasteiger partial charge in [0.05, 0.1) is 5.56 Å². The van der Waals surface area contributed by atoms with Crippen LogP contribution in [0.5, 0.6) is 0 Å². The van der Waals surface area contributed by atoms with Gasteiger partial charge < -0.3 is 5.32 Å². The Morgan fingerprint density at radius 2 is 2.00 bits per heavy atom. The van der Waals surface area contributed by atoms with Gasteiger partial charge in [-0.05, 0) is 12.1 Å². The SMILES string of the molecule is CC(C)NCc1nnc(-c2ccc(Br)cc2C(F)(F)F)s1. The maximum Gasteiger partial charge on any atom is 0.417 e. The van der Waals surface area contributed by atoms with E-state index in [2.05, 4.69) is 31.4 Å². The highest BCUT2D eigenvalue weighted by Crippen LogP contribution is 2.39. The summed E-state index contributed by atoms with van der Waals surface area (Å²) in [5.74, 6) is 0. The molecule has 1 N–H and O–H groups in total. The summed E-state index contributed by atoms with van der Waals surface area (Å²) in [5, 5.41) is 11.9. The molecule has 0 aliphatic rings. The fourth-order valence-electron chi connectivity index (χ4n) is 1.66. The summed E-state index contributed by atoms with van der Waals surface area (Å²) in [7, 11) is 0. The fourth-order valence-corrected chi connectivity index (χ4v) is 2.85. The minimum atomic E-state index is -4.43. The standard InChI is InChI=1S/C13H13BrF3N3S/c1-7(2)18-6-11-19-20-12(21-11)9-4-3-8(14)5-10(9)13(15,16)17/h3-5,7,18H,6H2,1-2H3. The van der Waals surface area contributed by atoms with Crippen molar-refractivity contribution in [2.24, 2.45) is 0 Å². The zero-order chi connectivity index (χ0) is 15.6. The third-order valence-corrected chi connectivity index (χ3v) is 4.10. The smallest absolute Gasteiger partial charge is 0.308 e. The van der Waals surface area contributed by atoms with Gasteiger partial charge in [0, 0.05) is 22.6 Å². The van der Waals surface area contributed by atoms with E-state index in [1.54, 1.807) is 6.07 Å². The van der Waals surface area contributed by atoms with Crippen LogP contribution in [-0.4, -0.2) is 16.2 Å². The van der Waals surface area contributed by atoms with Crippen LogP contribution in [0.4, 0.5) is 13.2 Å². The van der Waals surface area contributed by atoms with Crippen LogP contribution in [0.2, 0.25) is 0 Å². The number of halogens is 4. The van der Waals surface area contributed by atoms with Gasteiger partial charge in [0.1, 0.15) is 10.0 Å². The van der Waals surface area contributed by atoms with Crippen molar-refractivity contribution in [3.05, 3.63) is 33.2 Å². The summed E-state index contributed by atoms with van der Waals surface area (Å²) in [6, 6.07) is 4.31. The number of alkyl halides is 3. The first kappa shape index (κ1) is 16.4. The van der Waals surface area contributed by atoms with Gasteiger partial charge >= 0.3 is 6.18 Å². The average Bonchev–Trinajstić information content (AvgIpc) is 2.84. The molecule has 0 aliphatic carbocycles. The molecule has 0 aliphatic heterocycles. The molecule has 2 rings (SSSR count). The average molecular weight is 380 g/mol. The van der Waals surface area contributed by atoms with Crippen LogP contribution in [0, 0.1) is 0 Å². The largest absolute Gasteiger partial charge is 0.417 e. The molecule has 0 spiro atoms. The summed E-state index contributed by atoms with van der Waals surface area (Å²) in [6.45, 7) is 4.46. The molecule has 0 amide bonds. The summed E-state index contributed by atoms with van der Waals surface area (Å²) in [6.07, 6.45) is -4.43. The van der Waals surface area contributed by atoms with Crippen molar-refractivity contribution in [2.75, 3.05) is 0 Å². The summed E-state index contributed by atoms with van der Waals surface area (Å²) < 4.78 is 39.7. The van der Waals surface area contributed by atoms with E-state index in [1.807, 2.05) is 13.8 Å². The molecule has 8 heteroatoms. The van der Waals surface area contributed by atoms with Gasteiger partial charge in [-0.1, -0.05) is 47.2 Å². The summed E-state index contributed by atoms with van der Waals surface area (Å²) in [4.78, 5) is 0. The molecule has 0 fully saturated rings. The highest BCUT2D eigenvalue weighted by molar-refractivity contribution is 9.10. The minimum Gasteiger partial charge on any atom is -0.308 e. The first-order chi connectivity index (χ1) is 9.77. The van der Waals surface area contributed by atoms with Crippen molar-refractivity contribution in [2.45, 2.75) is 32.6 Å². The van der Waals surface area contributed by atoms with E-state index in [0.717, 1.165) is 17.4 Å². The highest BCUT2D eigenvalue weighted by Gasteiger charge is 2.34. The van der Waals surface area contributed by atoms with Crippen LogP contribution in [0.25, 0.3) is 10.6 Å². The highest BCUT2D eigenvalue weighted by atomic mass is 79.9. The number of rotatable bonds is 4.